The molecule has 6 nitrogen and oxygen atoms in total. The van der Waals surface area contributed by atoms with Crippen LogP contribution in [-0.2, 0) is 4.79 Å². The Bertz CT molecular complexity index is 1010. The second kappa shape index (κ2) is 6.11. The molecule has 0 saturated heterocycles. The van der Waals surface area contributed by atoms with Crippen molar-refractivity contribution in [2.24, 2.45) is 0 Å². The van der Waals surface area contributed by atoms with E-state index in [1.165, 1.54) is 24.3 Å². The molecule has 3 aromatic rings. The van der Waals surface area contributed by atoms with Gasteiger partial charge in [0.15, 0.2) is 0 Å². The van der Waals surface area contributed by atoms with Crippen LogP contribution >= 0.6 is 0 Å². The average molecular weight is 351 g/mol. The van der Waals surface area contributed by atoms with Gasteiger partial charge in [0.05, 0.1) is 16.9 Å². The number of halogens is 1. The number of aromatic nitrogens is 2. The van der Waals surface area contributed by atoms with Crippen molar-refractivity contribution in [1.82, 2.24) is 9.55 Å². The molecule has 0 spiro atoms. The fraction of sp³-hybridized carbons (Fsp3) is 0.105. The largest absolute Gasteiger partial charge is 0.478 e. The first-order chi connectivity index (χ1) is 12.5. The molecule has 1 aliphatic heterocycles. The lowest BCUT2D eigenvalue weighted by atomic mass is 9.89. The number of carboxylic acid groups (broad SMARTS) is 1. The van der Waals surface area contributed by atoms with Crippen molar-refractivity contribution < 1.29 is 19.1 Å². The maximum absolute atomic E-state index is 13.5. The van der Waals surface area contributed by atoms with Gasteiger partial charge in [0, 0.05) is 12.3 Å². The van der Waals surface area contributed by atoms with Crippen LogP contribution in [0.15, 0.2) is 54.9 Å². The summed E-state index contributed by atoms with van der Waals surface area (Å²) in [5.41, 5.74) is 2.20. The van der Waals surface area contributed by atoms with Crippen molar-refractivity contribution in [3.05, 3.63) is 77.5 Å². The summed E-state index contributed by atoms with van der Waals surface area (Å²) in [7, 11) is 0. The van der Waals surface area contributed by atoms with Crippen LogP contribution in [0.3, 0.4) is 0 Å². The molecule has 7 heteroatoms. The van der Waals surface area contributed by atoms with Gasteiger partial charge in [0.1, 0.15) is 18.0 Å². The van der Waals surface area contributed by atoms with Gasteiger partial charge in [0.25, 0.3) is 0 Å². The topological polar surface area (TPSA) is 84.2 Å². The first-order valence-corrected chi connectivity index (χ1v) is 7.99. The van der Waals surface area contributed by atoms with Gasteiger partial charge < -0.3 is 10.4 Å². The predicted molar refractivity (Wildman–Crippen MR) is 92.0 cm³/mol. The number of carbonyl (C=O) groups is 2. The highest BCUT2D eigenvalue weighted by Gasteiger charge is 2.31. The van der Waals surface area contributed by atoms with Crippen LogP contribution in [0.2, 0.25) is 0 Å². The molecule has 1 aliphatic rings. The summed E-state index contributed by atoms with van der Waals surface area (Å²) in [5.74, 6) is -1.36. The van der Waals surface area contributed by atoms with Crippen LogP contribution in [-0.4, -0.2) is 26.5 Å². The van der Waals surface area contributed by atoms with E-state index in [2.05, 4.69) is 10.3 Å². The van der Waals surface area contributed by atoms with Crippen molar-refractivity contribution in [2.75, 3.05) is 5.32 Å². The van der Waals surface area contributed by atoms with Gasteiger partial charge >= 0.3 is 5.97 Å². The molecular formula is C19H14FN3O3. The van der Waals surface area contributed by atoms with Crippen molar-refractivity contribution in [3.63, 3.8) is 0 Å². The highest BCUT2D eigenvalue weighted by molar-refractivity contribution is 5.94. The number of rotatable bonds is 3. The molecule has 4 rings (SSSR count). The van der Waals surface area contributed by atoms with E-state index < -0.39 is 5.97 Å². The van der Waals surface area contributed by atoms with Crippen molar-refractivity contribution in [2.45, 2.75) is 12.3 Å². The Morgan fingerprint density at radius 2 is 2.00 bits per heavy atom. The number of carboxylic acids is 1. The van der Waals surface area contributed by atoms with Gasteiger partial charge in [-0.15, -0.1) is 0 Å². The number of carbonyl (C=O) groups excluding carboxylic acids is 1. The van der Waals surface area contributed by atoms with Gasteiger partial charge in [-0.2, -0.15) is 0 Å². The van der Waals surface area contributed by atoms with Crippen LogP contribution < -0.4 is 5.32 Å². The third-order valence-electron chi connectivity index (χ3n) is 4.42. The predicted octanol–water partition coefficient (Wildman–Crippen LogP) is 3.18. The van der Waals surface area contributed by atoms with Crippen LogP contribution in [0.5, 0.6) is 0 Å². The second-order valence-corrected chi connectivity index (χ2v) is 6.06. The zero-order valence-electron chi connectivity index (χ0n) is 13.5. The van der Waals surface area contributed by atoms with E-state index in [-0.39, 0.29) is 29.6 Å². The second-order valence-electron chi connectivity index (χ2n) is 6.06. The Labute approximate surface area is 147 Å². The number of nitrogens with one attached hydrogen (secondary N) is 1. The van der Waals surface area contributed by atoms with E-state index in [0.29, 0.717) is 17.2 Å². The van der Waals surface area contributed by atoms with Gasteiger partial charge in [-0.05, 0) is 35.9 Å². The fourth-order valence-corrected chi connectivity index (χ4v) is 3.16. The third kappa shape index (κ3) is 2.73. The fourth-order valence-electron chi connectivity index (χ4n) is 3.16. The van der Waals surface area contributed by atoms with E-state index >= 15 is 0 Å². The van der Waals surface area contributed by atoms with Crippen LogP contribution in [0.25, 0.3) is 5.69 Å². The minimum absolute atomic E-state index is 0.178. The Kier molecular flexibility index (Phi) is 3.76. The van der Waals surface area contributed by atoms with E-state index in [1.54, 1.807) is 35.2 Å². The summed E-state index contributed by atoms with van der Waals surface area (Å²) in [6.07, 6.45) is 1.75. The lowest BCUT2D eigenvalue weighted by Gasteiger charge is -2.23. The SMILES string of the molecule is O=C1C[C@@H](c2ccc(C(=O)O)cc2)c2ncn(-c3cccc(F)c3)c2N1. The molecule has 2 aromatic carbocycles. The van der Waals surface area contributed by atoms with Crippen molar-refractivity contribution >= 4 is 17.7 Å². The first-order valence-electron chi connectivity index (χ1n) is 7.99. The minimum Gasteiger partial charge on any atom is -0.478 e. The molecule has 130 valence electrons. The monoisotopic (exact) mass is 351 g/mol. The van der Waals surface area contributed by atoms with Crippen molar-refractivity contribution in [1.29, 1.82) is 0 Å². The number of benzene rings is 2. The average Bonchev–Trinajstić information content (AvgIpc) is 3.05. The molecule has 2 heterocycles. The molecule has 1 amide bonds. The summed E-state index contributed by atoms with van der Waals surface area (Å²) in [5, 5.41) is 11.8. The summed E-state index contributed by atoms with van der Waals surface area (Å²) >= 11 is 0. The number of hydrogen-bond donors (Lipinski definition) is 2. The number of amides is 1. The normalized spacial score (nSPS) is 16.0. The molecule has 0 radical (unpaired) electrons. The van der Waals surface area contributed by atoms with Gasteiger partial charge in [-0.3, -0.25) is 9.36 Å². The maximum atomic E-state index is 13.5. The first kappa shape index (κ1) is 16.0. The minimum atomic E-state index is -1.01. The summed E-state index contributed by atoms with van der Waals surface area (Å²) < 4.78 is 15.2. The number of nitrogens with zero attached hydrogens (tertiary/aromatic N) is 2. The van der Waals surface area contributed by atoms with Gasteiger partial charge in [0.2, 0.25) is 5.91 Å². The third-order valence-corrected chi connectivity index (χ3v) is 4.42. The number of aromatic carboxylic acids is 1. The number of fused-ring (bicyclic) bond motifs is 1. The molecule has 2 N–H and O–H groups in total. The van der Waals surface area contributed by atoms with E-state index in [1.807, 2.05) is 0 Å². The maximum Gasteiger partial charge on any atom is 0.335 e. The lowest BCUT2D eigenvalue weighted by molar-refractivity contribution is -0.116. The number of hydrogen-bond acceptors (Lipinski definition) is 3. The molecule has 0 aliphatic carbocycles. The van der Waals surface area contributed by atoms with E-state index in [9.17, 15) is 14.0 Å². The van der Waals surface area contributed by atoms with Gasteiger partial charge in [-0.1, -0.05) is 18.2 Å². The standard InChI is InChI=1S/C19H14FN3O3/c20-13-2-1-3-14(8-13)23-10-21-17-15(9-16(24)22-18(17)23)11-4-6-12(7-5-11)19(25)26/h1-8,10,15H,9H2,(H,22,24)(H,25,26)/t15-/m0/s1. The molecule has 0 fully saturated rings. The van der Waals surface area contributed by atoms with Crippen LogP contribution in [0.1, 0.15) is 34.0 Å². The van der Waals surface area contributed by atoms with E-state index in [0.717, 1.165) is 5.56 Å². The molecule has 26 heavy (non-hydrogen) atoms. The van der Waals surface area contributed by atoms with Crippen LogP contribution in [0, 0.1) is 5.82 Å². The van der Waals surface area contributed by atoms with Gasteiger partial charge in [-0.25, -0.2) is 14.2 Å². The van der Waals surface area contributed by atoms with Crippen molar-refractivity contribution in [3.8, 4) is 5.69 Å². The Morgan fingerprint density at radius 1 is 1.23 bits per heavy atom. The number of imidazole rings is 1. The zero-order valence-corrected chi connectivity index (χ0v) is 13.5. The van der Waals surface area contributed by atoms with E-state index in [4.69, 9.17) is 5.11 Å². The molecule has 0 unspecified atom stereocenters. The Balaban J connectivity index is 1.77. The lowest BCUT2D eigenvalue weighted by Crippen LogP contribution is -2.25. The Morgan fingerprint density at radius 3 is 2.69 bits per heavy atom. The highest BCUT2D eigenvalue weighted by atomic mass is 19.1. The zero-order chi connectivity index (χ0) is 18.3. The molecular weight excluding hydrogens is 337 g/mol. The Hall–Kier alpha value is -3.48. The molecule has 1 aromatic heterocycles. The number of anilines is 1. The molecule has 0 bridgehead atoms. The molecule has 0 saturated carbocycles. The quantitative estimate of drug-likeness (QED) is 0.759. The summed E-state index contributed by atoms with van der Waals surface area (Å²) in [4.78, 5) is 27.7. The summed E-state index contributed by atoms with van der Waals surface area (Å²) in [6.45, 7) is 0. The molecule has 1 atom stereocenters. The summed E-state index contributed by atoms with van der Waals surface area (Å²) in [6, 6.07) is 12.4. The highest BCUT2D eigenvalue weighted by Crippen LogP contribution is 2.37. The smallest absolute Gasteiger partial charge is 0.335 e. The van der Waals surface area contributed by atoms with Crippen LogP contribution in [0.4, 0.5) is 10.2 Å².